The molecule has 0 saturated heterocycles. The molecule has 0 bridgehead atoms. The Morgan fingerprint density at radius 3 is 2.38 bits per heavy atom. The van der Waals surface area contributed by atoms with Crippen LogP contribution in [-0.2, 0) is 19.6 Å². The predicted octanol–water partition coefficient (Wildman–Crippen LogP) is 2.92. The van der Waals surface area contributed by atoms with Crippen molar-refractivity contribution in [1.29, 1.82) is 0 Å². The van der Waals surface area contributed by atoms with Crippen LogP contribution < -0.4 is 4.31 Å². The molecule has 0 aromatic heterocycles. The van der Waals surface area contributed by atoms with Gasteiger partial charge in [0, 0.05) is 17.2 Å². The molecule has 0 heterocycles. The summed E-state index contributed by atoms with van der Waals surface area (Å²) in [5.41, 5.74) is 0.423. The molecule has 0 amide bonds. The summed E-state index contributed by atoms with van der Waals surface area (Å²) in [5, 5.41) is 11.1. The number of hydrogen-bond donors (Lipinski definition) is 0. The number of halogens is 1. The molecule has 0 aliphatic carbocycles. The number of nitro groups is 1. The molecule has 0 saturated carbocycles. The van der Waals surface area contributed by atoms with Crippen molar-refractivity contribution >= 4 is 39.0 Å². The number of hydrogen-bond acceptors (Lipinski definition) is 6. The van der Waals surface area contributed by atoms with Crippen molar-refractivity contribution in [3.05, 3.63) is 63.2 Å². The fourth-order valence-corrected chi connectivity index (χ4v) is 3.85. The van der Waals surface area contributed by atoms with E-state index in [1.807, 2.05) is 0 Å². The highest BCUT2D eigenvalue weighted by Crippen LogP contribution is 2.31. The van der Waals surface area contributed by atoms with E-state index < -0.39 is 27.5 Å². The lowest BCUT2D eigenvalue weighted by atomic mass is 10.2. The van der Waals surface area contributed by atoms with E-state index in [4.69, 9.17) is 11.6 Å². The maximum absolute atomic E-state index is 13.0. The minimum Gasteiger partial charge on any atom is -0.468 e. The van der Waals surface area contributed by atoms with Gasteiger partial charge >= 0.3 is 5.97 Å². The first kappa shape index (κ1) is 19.7. The lowest BCUT2D eigenvalue weighted by molar-refractivity contribution is -0.384. The Balaban J connectivity index is 2.57. The number of carbonyl (C=O) groups is 1. The highest BCUT2D eigenvalue weighted by atomic mass is 35.5. The summed E-state index contributed by atoms with van der Waals surface area (Å²) in [6.45, 7) is 1.05. The first-order valence-electron chi connectivity index (χ1n) is 7.27. The summed E-state index contributed by atoms with van der Waals surface area (Å²) in [6, 6.07) is 9.03. The van der Waals surface area contributed by atoms with E-state index in [0.717, 1.165) is 35.7 Å². The van der Waals surface area contributed by atoms with Gasteiger partial charge in [0.25, 0.3) is 15.7 Å². The van der Waals surface area contributed by atoms with Gasteiger partial charge < -0.3 is 4.74 Å². The Bertz CT molecular complexity index is 944. The third kappa shape index (κ3) is 3.94. The van der Waals surface area contributed by atoms with E-state index in [9.17, 15) is 23.3 Å². The van der Waals surface area contributed by atoms with Crippen LogP contribution in [0, 0.1) is 17.0 Å². The minimum absolute atomic E-state index is 0.202. The fraction of sp³-hybridized carbons (Fsp3) is 0.188. The molecular weight excluding hydrogens is 384 g/mol. The molecule has 0 aliphatic heterocycles. The second-order valence-electron chi connectivity index (χ2n) is 5.22. The van der Waals surface area contributed by atoms with Gasteiger partial charge in [-0.05, 0) is 36.8 Å². The maximum atomic E-state index is 13.0. The molecule has 10 heteroatoms. The van der Waals surface area contributed by atoms with Gasteiger partial charge in [-0.1, -0.05) is 17.7 Å². The van der Waals surface area contributed by atoms with Gasteiger partial charge in [-0.3, -0.25) is 19.2 Å². The van der Waals surface area contributed by atoms with E-state index in [-0.39, 0.29) is 16.3 Å². The first-order valence-corrected chi connectivity index (χ1v) is 9.09. The number of esters is 1. The molecule has 26 heavy (non-hydrogen) atoms. The molecule has 0 aliphatic rings. The van der Waals surface area contributed by atoms with Crippen LogP contribution in [0.1, 0.15) is 5.56 Å². The fourth-order valence-electron chi connectivity index (χ4n) is 2.21. The van der Waals surface area contributed by atoms with Crippen LogP contribution in [0.3, 0.4) is 0 Å². The van der Waals surface area contributed by atoms with E-state index in [0.29, 0.717) is 10.6 Å². The second kappa shape index (κ2) is 7.71. The van der Waals surface area contributed by atoms with Gasteiger partial charge in [0.1, 0.15) is 6.54 Å². The number of rotatable bonds is 6. The quantitative estimate of drug-likeness (QED) is 0.420. The number of carbonyl (C=O) groups excluding carboxylic acids is 1. The van der Waals surface area contributed by atoms with Crippen molar-refractivity contribution in [1.82, 2.24) is 0 Å². The van der Waals surface area contributed by atoms with Crippen molar-refractivity contribution in [3.63, 3.8) is 0 Å². The summed E-state index contributed by atoms with van der Waals surface area (Å²) in [7, 11) is -3.05. The molecule has 0 unspecified atom stereocenters. The highest BCUT2D eigenvalue weighted by molar-refractivity contribution is 7.92. The number of nitrogens with zero attached hydrogens (tertiary/aromatic N) is 2. The van der Waals surface area contributed by atoms with Crippen molar-refractivity contribution in [2.45, 2.75) is 11.8 Å². The number of benzene rings is 2. The topological polar surface area (TPSA) is 107 Å². The van der Waals surface area contributed by atoms with Gasteiger partial charge in [-0.25, -0.2) is 8.42 Å². The third-order valence-electron chi connectivity index (χ3n) is 3.64. The predicted molar refractivity (Wildman–Crippen MR) is 95.8 cm³/mol. The van der Waals surface area contributed by atoms with Crippen LogP contribution in [0.5, 0.6) is 0 Å². The van der Waals surface area contributed by atoms with Crippen molar-refractivity contribution in [2.24, 2.45) is 0 Å². The van der Waals surface area contributed by atoms with Crippen LogP contribution >= 0.6 is 11.6 Å². The molecule has 2 aromatic carbocycles. The normalized spacial score (nSPS) is 11.0. The zero-order valence-electron chi connectivity index (χ0n) is 13.9. The Labute approximate surface area is 155 Å². The third-order valence-corrected chi connectivity index (χ3v) is 5.83. The monoisotopic (exact) mass is 398 g/mol. The average Bonchev–Trinajstić information content (AvgIpc) is 2.62. The second-order valence-corrected chi connectivity index (χ2v) is 7.49. The van der Waals surface area contributed by atoms with Gasteiger partial charge in [0.15, 0.2) is 0 Å². The summed E-state index contributed by atoms with van der Waals surface area (Å²) in [5.74, 6) is -0.769. The van der Waals surface area contributed by atoms with Gasteiger partial charge in [0.05, 0.1) is 22.6 Å². The minimum atomic E-state index is -4.19. The number of anilines is 1. The summed E-state index contributed by atoms with van der Waals surface area (Å²) >= 11 is 6.07. The van der Waals surface area contributed by atoms with Crippen LogP contribution in [0.4, 0.5) is 11.4 Å². The standard InChI is InChI=1S/C16H15ClN2O6S/c1-11-14(17)4-3-5-15(11)18(10-16(20)25-2)26(23,24)13-8-6-12(7-9-13)19(21)22/h3-9H,10H2,1-2H3. The zero-order valence-corrected chi connectivity index (χ0v) is 15.5. The molecule has 0 atom stereocenters. The number of ether oxygens (including phenoxy) is 1. The Kier molecular flexibility index (Phi) is 5.83. The molecule has 0 N–H and O–H groups in total. The van der Waals surface area contributed by atoms with Crippen LogP contribution in [0.25, 0.3) is 0 Å². The smallest absolute Gasteiger partial charge is 0.326 e. The highest BCUT2D eigenvalue weighted by Gasteiger charge is 2.29. The largest absolute Gasteiger partial charge is 0.468 e. The Morgan fingerprint density at radius 2 is 1.85 bits per heavy atom. The van der Waals surface area contributed by atoms with E-state index >= 15 is 0 Å². The Morgan fingerprint density at radius 1 is 1.23 bits per heavy atom. The van der Waals surface area contributed by atoms with Crippen LogP contribution in [0.15, 0.2) is 47.4 Å². The number of sulfonamides is 1. The van der Waals surface area contributed by atoms with Crippen molar-refractivity contribution in [2.75, 3.05) is 18.0 Å². The molecule has 0 radical (unpaired) electrons. The molecule has 138 valence electrons. The summed E-state index contributed by atoms with van der Waals surface area (Å²) < 4.78 is 31.5. The lowest BCUT2D eigenvalue weighted by Gasteiger charge is -2.25. The van der Waals surface area contributed by atoms with Gasteiger partial charge in [0.2, 0.25) is 0 Å². The molecule has 2 aromatic rings. The average molecular weight is 399 g/mol. The summed E-state index contributed by atoms with van der Waals surface area (Å²) in [4.78, 5) is 21.7. The van der Waals surface area contributed by atoms with Gasteiger partial charge in [-0.2, -0.15) is 0 Å². The van der Waals surface area contributed by atoms with Crippen LogP contribution in [-0.4, -0.2) is 33.0 Å². The molecule has 0 spiro atoms. The molecule has 0 fully saturated rings. The number of nitro benzene ring substituents is 1. The lowest BCUT2D eigenvalue weighted by Crippen LogP contribution is -2.36. The van der Waals surface area contributed by atoms with Crippen molar-refractivity contribution < 1.29 is 22.9 Å². The number of non-ortho nitro benzene ring substituents is 1. The van der Waals surface area contributed by atoms with Crippen LogP contribution in [0.2, 0.25) is 5.02 Å². The molecule has 2 rings (SSSR count). The van der Waals surface area contributed by atoms with Gasteiger partial charge in [-0.15, -0.1) is 0 Å². The SMILES string of the molecule is COC(=O)CN(c1cccc(Cl)c1C)S(=O)(=O)c1ccc([N+](=O)[O-])cc1. The van der Waals surface area contributed by atoms with E-state index in [2.05, 4.69) is 4.74 Å². The zero-order chi connectivity index (χ0) is 19.5. The van der Waals surface area contributed by atoms with Crippen molar-refractivity contribution in [3.8, 4) is 0 Å². The van der Waals surface area contributed by atoms with E-state index in [1.54, 1.807) is 19.1 Å². The first-order chi connectivity index (χ1) is 12.2. The molecular formula is C16H15ClN2O6S. The Hall–Kier alpha value is -2.65. The summed E-state index contributed by atoms with van der Waals surface area (Å²) in [6.07, 6.45) is 0. The number of methoxy groups -OCH3 is 1. The maximum Gasteiger partial charge on any atom is 0.326 e. The molecule has 8 nitrogen and oxygen atoms in total. The van der Waals surface area contributed by atoms with E-state index in [1.165, 1.54) is 6.07 Å².